The Morgan fingerprint density at radius 3 is 2.38 bits per heavy atom. The zero-order valence-electron chi connectivity index (χ0n) is 13.7. The summed E-state index contributed by atoms with van der Waals surface area (Å²) in [4.78, 5) is 0.146. The van der Waals surface area contributed by atoms with E-state index in [0.29, 0.717) is 24.5 Å². The second-order valence-electron chi connectivity index (χ2n) is 5.02. The van der Waals surface area contributed by atoms with Crippen LogP contribution < -0.4 is 14.2 Å². The van der Waals surface area contributed by atoms with Gasteiger partial charge in [0.15, 0.2) is 11.5 Å². The Balaban J connectivity index is 1.95. The summed E-state index contributed by atoms with van der Waals surface area (Å²) in [6, 6.07) is 14.4. The Labute approximate surface area is 143 Å². The lowest BCUT2D eigenvalue weighted by atomic mass is 10.2. The van der Waals surface area contributed by atoms with E-state index in [1.165, 1.54) is 26.4 Å². The van der Waals surface area contributed by atoms with Gasteiger partial charge in [0.05, 0.1) is 19.1 Å². The molecule has 0 aliphatic rings. The molecule has 24 heavy (non-hydrogen) atoms. The third-order valence-corrected chi connectivity index (χ3v) is 4.84. The van der Waals surface area contributed by atoms with Gasteiger partial charge in [-0.15, -0.1) is 0 Å². The summed E-state index contributed by atoms with van der Waals surface area (Å²) < 4.78 is 37.4. The summed E-state index contributed by atoms with van der Waals surface area (Å²) >= 11 is 0. The monoisotopic (exact) mass is 347 g/mol. The van der Waals surface area contributed by atoms with Crippen LogP contribution in [0.1, 0.15) is 12.0 Å². The van der Waals surface area contributed by atoms with Crippen molar-refractivity contribution >= 4 is 16.1 Å². The summed E-state index contributed by atoms with van der Waals surface area (Å²) in [5.41, 5.74) is 1.08. The van der Waals surface area contributed by atoms with Crippen molar-refractivity contribution in [3.8, 4) is 11.5 Å². The molecule has 0 saturated carbocycles. The minimum absolute atomic E-state index is 0.146. The Kier molecular flexibility index (Phi) is 6.40. The van der Waals surface area contributed by atoms with Crippen LogP contribution in [0, 0.1) is 0 Å². The molecule has 0 bridgehead atoms. The Bertz CT molecular complexity index is 786. The number of hydrogen-bond donors (Lipinski definition) is 1. The maximum absolute atomic E-state index is 12.3. The van der Waals surface area contributed by atoms with Gasteiger partial charge in [-0.05, 0) is 24.1 Å². The van der Waals surface area contributed by atoms with Crippen LogP contribution in [0.5, 0.6) is 11.5 Å². The van der Waals surface area contributed by atoms with Crippen molar-refractivity contribution in [2.75, 3.05) is 20.8 Å². The highest BCUT2D eigenvalue weighted by molar-refractivity contribution is 7.89. The third-order valence-electron chi connectivity index (χ3n) is 3.38. The number of nitrogens with one attached hydrogen (secondary N) is 1. The third kappa shape index (κ3) is 4.84. The van der Waals surface area contributed by atoms with Crippen molar-refractivity contribution in [1.29, 1.82) is 0 Å². The van der Waals surface area contributed by atoms with Gasteiger partial charge in [-0.2, -0.15) is 0 Å². The molecule has 0 aliphatic heterocycles. The average Bonchev–Trinajstić information content (AvgIpc) is 2.61. The van der Waals surface area contributed by atoms with Crippen LogP contribution in [0.25, 0.3) is 6.08 Å². The molecule has 0 unspecified atom stereocenters. The first-order chi connectivity index (χ1) is 11.6. The minimum atomic E-state index is -3.58. The fourth-order valence-electron chi connectivity index (χ4n) is 2.13. The van der Waals surface area contributed by atoms with Gasteiger partial charge in [0.2, 0.25) is 10.0 Å². The number of rotatable bonds is 8. The van der Waals surface area contributed by atoms with Crippen LogP contribution in [0.4, 0.5) is 0 Å². The van der Waals surface area contributed by atoms with Gasteiger partial charge in [-0.25, -0.2) is 13.1 Å². The summed E-state index contributed by atoms with van der Waals surface area (Å²) in [5.74, 6) is 0.867. The second kappa shape index (κ2) is 8.52. The predicted molar refractivity (Wildman–Crippen MR) is 94.8 cm³/mol. The lowest BCUT2D eigenvalue weighted by molar-refractivity contribution is 0.354. The van der Waals surface area contributed by atoms with Crippen LogP contribution >= 0.6 is 0 Å². The lowest BCUT2D eigenvalue weighted by Gasteiger charge is -2.10. The van der Waals surface area contributed by atoms with E-state index in [1.54, 1.807) is 6.07 Å². The normalized spacial score (nSPS) is 11.6. The number of hydrogen-bond acceptors (Lipinski definition) is 4. The smallest absolute Gasteiger partial charge is 0.240 e. The molecule has 0 aromatic heterocycles. The van der Waals surface area contributed by atoms with Crippen molar-refractivity contribution in [2.45, 2.75) is 11.3 Å². The van der Waals surface area contributed by atoms with Crippen molar-refractivity contribution in [3.63, 3.8) is 0 Å². The molecule has 0 fully saturated rings. The average molecular weight is 347 g/mol. The largest absolute Gasteiger partial charge is 0.493 e. The maximum atomic E-state index is 12.3. The highest BCUT2D eigenvalue weighted by atomic mass is 32.2. The van der Waals surface area contributed by atoms with E-state index < -0.39 is 10.0 Å². The van der Waals surface area contributed by atoms with Gasteiger partial charge in [0, 0.05) is 12.6 Å². The first-order valence-electron chi connectivity index (χ1n) is 7.50. The molecular weight excluding hydrogens is 326 g/mol. The van der Waals surface area contributed by atoms with E-state index in [9.17, 15) is 8.42 Å². The zero-order valence-corrected chi connectivity index (χ0v) is 14.5. The molecule has 2 aromatic carbocycles. The van der Waals surface area contributed by atoms with E-state index in [4.69, 9.17) is 9.47 Å². The van der Waals surface area contributed by atoms with E-state index in [1.807, 2.05) is 42.5 Å². The predicted octanol–water partition coefficient (Wildman–Crippen LogP) is 3.09. The SMILES string of the molecule is COc1ccc(S(=O)(=O)NCC/C=C/c2ccccc2)cc1OC. The Hall–Kier alpha value is -2.31. The van der Waals surface area contributed by atoms with Crippen LogP contribution in [0.3, 0.4) is 0 Å². The molecule has 0 aliphatic carbocycles. The fraction of sp³-hybridized carbons (Fsp3) is 0.222. The zero-order chi connectivity index (χ0) is 17.4. The molecule has 0 heterocycles. The van der Waals surface area contributed by atoms with Crippen LogP contribution in [0.2, 0.25) is 0 Å². The van der Waals surface area contributed by atoms with E-state index in [0.717, 1.165) is 5.56 Å². The van der Waals surface area contributed by atoms with Gasteiger partial charge in [0.25, 0.3) is 0 Å². The van der Waals surface area contributed by atoms with Crippen molar-refractivity contribution in [3.05, 3.63) is 60.2 Å². The summed E-state index contributed by atoms with van der Waals surface area (Å²) in [7, 11) is -0.611. The quantitative estimate of drug-likeness (QED) is 0.745. The van der Waals surface area contributed by atoms with Gasteiger partial charge in [0.1, 0.15) is 0 Å². The molecule has 128 valence electrons. The number of benzene rings is 2. The Morgan fingerprint density at radius 1 is 1.00 bits per heavy atom. The first kappa shape index (κ1) is 18.0. The molecule has 5 nitrogen and oxygen atoms in total. The molecule has 2 aromatic rings. The number of sulfonamides is 1. The fourth-order valence-corrected chi connectivity index (χ4v) is 3.19. The standard InChI is InChI=1S/C18H21NO4S/c1-22-17-12-11-16(14-18(17)23-2)24(20,21)19-13-7-6-10-15-8-4-3-5-9-15/h3-6,8-12,14,19H,7,13H2,1-2H3/b10-6+. The molecule has 0 saturated heterocycles. The van der Waals surface area contributed by atoms with Crippen LogP contribution in [-0.2, 0) is 10.0 Å². The molecule has 0 amide bonds. The van der Waals surface area contributed by atoms with Gasteiger partial charge >= 0.3 is 0 Å². The van der Waals surface area contributed by atoms with E-state index in [2.05, 4.69) is 4.72 Å². The molecule has 6 heteroatoms. The van der Waals surface area contributed by atoms with Crippen LogP contribution in [-0.4, -0.2) is 29.2 Å². The minimum Gasteiger partial charge on any atom is -0.493 e. The Morgan fingerprint density at radius 2 is 1.71 bits per heavy atom. The first-order valence-corrected chi connectivity index (χ1v) is 8.98. The molecule has 2 rings (SSSR count). The summed E-state index contributed by atoms with van der Waals surface area (Å²) in [6.07, 6.45) is 4.50. The summed E-state index contributed by atoms with van der Waals surface area (Å²) in [5, 5.41) is 0. The van der Waals surface area contributed by atoms with Crippen molar-refractivity contribution in [1.82, 2.24) is 4.72 Å². The highest BCUT2D eigenvalue weighted by Crippen LogP contribution is 2.29. The molecule has 1 N–H and O–H groups in total. The lowest BCUT2D eigenvalue weighted by Crippen LogP contribution is -2.24. The second-order valence-corrected chi connectivity index (χ2v) is 6.78. The highest BCUT2D eigenvalue weighted by Gasteiger charge is 2.16. The number of methoxy groups -OCH3 is 2. The summed E-state index contributed by atoms with van der Waals surface area (Å²) in [6.45, 7) is 0.319. The van der Waals surface area contributed by atoms with Gasteiger partial charge in [-0.1, -0.05) is 42.5 Å². The van der Waals surface area contributed by atoms with E-state index >= 15 is 0 Å². The van der Waals surface area contributed by atoms with E-state index in [-0.39, 0.29) is 4.90 Å². The van der Waals surface area contributed by atoms with Gasteiger partial charge in [-0.3, -0.25) is 0 Å². The van der Waals surface area contributed by atoms with Crippen LogP contribution in [0.15, 0.2) is 59.5 Å². The topological polar surface area (TPSA) is 64.6 Å². The molecule has 0 atom stereocenters. The molecule has 0 spiro atoms. The number of ether oxygens (including phenoxy) is 2. The molecular formula is C18H21NO4S. The molecule has 0 radical (unpaired) electrons. The maximum Gasteiger partial charge on any atom is 0.240 e. The van der Waals surface area contributed by atoms with Gasteiger partial charge < -0.3 is 9.47 Å². The van der Waals surface area contributed by atoms with Crippen molar-refractivity contribution in [2.24, 2.45) is 0 Å². The van der Waals surface area contributed by atoms with Crippen molar-refractivity contribution < 1.29 is 17.9 Å².